The average Bonchev–Trinajstić information content (AvgIpc) is 3.04. The van der Waals surface area contributed by atoms with E-state index >= 15 is 0 Å². The van der Waals surface area contributed by atoms with Crippen LogP contribution in [0.15, 0.2) is 66.5 Å². The first kappa shape index (κ1) is 46.6. The smallest absolute Gasteiger partial charge is 0.249 e. The molecular weight excluding hydrogens is 631 g/mol. The van der Waals surface area contributed by atoms with Gasteiger partial charge in [-0.3, -0.25) is 14.4 Å². The van der Waals surface area contributed by atoms with Gasteiger partial charge in [0, 0.05) is 63.6 Å². The summed E-state index contributed by atoms with van der Waals surface area (Å²) in [6.07, 6.45) is 26.8. The normalized spacial score (nSPS) is 12.1. The predicted octanol–water partition coefficient (Wildman–Crippen LogP) is 7.51. The van der Waals surface area contributed by atoms with Gasteiger partial charge in [0.05, 0.1) is 6.61 Å². The molecular formula is C37H63N3O5S2. The summed E-state index contributed by atoms with van der Waals surface area (Å²) in [5.74, 6) is 1.22. The Balaban J connectivity index is 0. The lowest BCUT2D eigenvalue weighted by Gasteiger charge is -2.31. The molecule has 0 radical (unpaired) electrons. The van der Waals surface area contributed by atoms with Crippen molar-refractivity contribution < 1.29 is 23.9 Å². The number of hydrogen-bond acceptors (Lipinski definition) is 7. The van der Waals surface area contributed by atoms with Crippen molar-refractivity contribution in [3.8, 4) is 0 Å². The van der Waals surface area contributed by atoms with Crippen molar-refractivity contribution in [3.05, 3.63) is 66.5 Å². The van der Waals surface area contributed by atoms with Crippen LogP contribution in [0.4, 0.5) is 0 Å². The highest BCUT2D eigenvalue weighted by Crippen LogP contribution is 2.23. The molecule has 0 spiro atoms. The first-order chi connectivity index (χ1) is 22.8. The van der Waals surface area contributed by atoms with Gasteiger partial charge in [0.25, 0.3) is 0 Å². The van der Waals surface area contributed by atoms with Crippen LogP contribution in [0.5, 0.6) is 0 Å². The lowest BCUT2D eigenvalue weighted by atomic mass is 9.86. The van der Waals surface area contributed by atoms with Crippen molar-refractivity contribution in [2.75, 3.05) is 52.0 Å². The van der Waals surface area contributed by atoms with Gasteiger partial charge >= 0.3 is 0 Å². The number of nitrogens with one attached hydrogen (secondary N) is 3. The van der Waals surface area contributed by atoms with Gasteiger partial charge in [-0.1, -0.05) is 105 Å². The highest BCUT2D eigenvalue weighted by Gasteiger charge is 2.35. The van der Waals surface area contributed by atoms with Gasteiger partial charge in [-0.15, -0.1) is 5.73 Å². The molecule has 268 valence electrons. The number of amides is 3. The highest BCUT2D eigenvalue weighted by molar-refractivity contribution is 8.76. The zero-order chi connectivity index (χ0) is 35.4. The van der Waals surface area contributed by atoms with Crippen molar-refractivity contribution in [1.29, 1.82) is 0 Å². The molecule has 0 aromatic rings. The Kier molecular flexibility index (Phi) is 34.6. The fraction of sp³-hybridized carbons (Fsp3) is 0.622. The summed E-state index contributed by atoms with van der Waals surface area (Å²) < 4.78 is 10.5. The fourth-order valence-electron chi connectivity index (χ4n) is 3.96. The summed E-state index contributed by atoms with van der Waals surface area (Å²) in [5.41, 5.74) is 2.65. The molecule has 0 saturated heterocycles. The Morgan fingerprint density at radius 2 is 1.23 bits per heavy atom. The lowest BCUT2D eigenvalue weighted by molar-refractivity contribution is -0.140. The summed E-state index contributed by atoms with van der Waals surface area (Å²) >= 11 is 0. The van der Waals surface area contributed by atoms with Crippen LogP contribution in [0.2, 0.25) is 0 Å². The van der Waals surface area contributed by atoms with E-state index in [2.05, 4.69) is 77.2 Å². The zero-order valence-corrected chi connectivity index (χ0v) is 31.7. The van der Waals surface area contributed by atoms with Crippen molar-refractivity contribution in [3.63, 3.8) is 0 Å². The van der Waals surface area contributed by atoms with E-state index in [4.69, 9.17) is 9.47 Å². The summed E-state index contributed by atoms with van der Waals surface area (Å²) in [7, 11) is 6.38. The quantitative estimate of drug-likeness (QED) is 0.0354. The molecule has 0 aromatic carbocycles. The summed E-state index contributed by atoms with van der Waals surface area (Å²) in [4.78, 5) is 36.4. The molecule has 0 heterocycles. The second-order valence-corrected chi connectivity index (χ2v) is 13.5. The first-order valence-electron chi connectivity index (χ1n) is 16.8. The Morgan fingerprint density at radius 3 is 1.74 bits per heavy atom. The van der Waals surface area contributed by atoms with Crippen LogP contribution in [0.3, 0.4) is 0 Å². The van der Waals surface area contributed by atoms with Crippen LogP contribution in [0.25, 0.3) is 0 Å². The average molecular weight is 694 g/mol. The molecule has 0 rings (SSSR count). The molecule has 0 unspecified atom stereocenters. The maximum Gasteiger partial charge on any atom is 0.249 e. The van der Waals surface area contributed by atoms with E-state index in [9.17, 15) is 14.4 Å². The third-order valence-corrected chi connectivity index (χ3v) is 8.58. The molecule has 10 heteroatoms. The maximum absolute atomic E-state index is 12.4. The maximum atomic E-state index is 12.4. The van der Waals surface area contributed by atoms with Crippen molar-refractivity contribution in [1.82, 2.24) is 16.0 Å². The summed E-state index contributed by atoms with van der Waals surface area (Å²) in [6.45, 7) is 11.7. The lowest BCUT2D eigenvalue weighted by Crippen LogP contribution is -2.47. The second kappa shape index (κ2) is 34.8. The molecule has 0 aromatic heterocycles. The molecule has 0 aliphatic rings. The predicted molar refractivity (Wildman–Crippen MR) is 204 cm³/mol. The van der Waals surface area contributed by atoms with Gasteiger partial charge in [-0.25, -0.2) is 0 Å². The third-order valence-electron chi connectivity index (χ3n) is 6.17. The van der Waals surface area contributed by atoms with Crippen molar-refractivity contribution >= 4 is 39.3 Å². The largest absolute Gasteiger partial charge is 0.384 e. The minimum atomic E-state index is -0.662. The summed E-state index contributed by atoms with van der Waals surface area (Å²) in [6, 6.07) is 0. The van der Waals surface area contributed by atoms with Gasteiger partial charge in [0.1, 0.15) is 6.10 Å². The molecule has 47 heavy (non-hydrogen) atoms. The number of carbonyl (C=O) groups is 3. The minimum Gasteiger partial charge on any atom is -0.384 e. The third kappa shape index (κ3) is 30.6. The van der Waals surface area contributed by atoms with E-state index < -0.39 is 11.5 Å². The standard InChI is InChI=1S/C35H57N3O5S2.C2H6/c1-6-7-8-9-10-11-12-13-14-15-16-17-18-19-20-21-22-23-31(39)36-26-28-44-45-29-27-37-32(40)24-25-38-34(41)33(43-5)35(2,3)30-42-4;1-2/h7-8,10-11,13-14,16-17,19,21,33H,6,9,12,15,18,22-30H2,1-5H3,(H,36,39)(H,37,40)(H,38,41);1-2H3/b8-7-,11-10-,14-13-,17-16-;/t20?,33-;/m0./s1. The van der Waals surface area contributed by atoms with Crippen molar-refractivity contribution in [2.45, 2.75) is 92.1 Å². The van der Waals surface area contributed by atoms with Crippen molar-refractivity contribution in [2.24, 2.45) is 5.41 Å². The number of allylic oxidation sites excluding steroid dienone is 9. The molecule has 3 amide bonds. The summed E-state index contributed by atoms with van der Waals surface area (Å²) in [5, 5.41) is 8.55. The van der Waals surface area contributed by atoms with Gasteiger partial charge < -0.3 is 25.4 Å². The van der Waals surface area contributed by atoms with E-state index in [0.717, 1.165) is 43.6 Å². The molecule has 3 N–H and O–H groups in total. The van der Waals surface area contributed by atoms with Gasteiger partial charge in [0.15, 0.2) is 0 Å². The van der Waals surface area contributed by atoms with Crippen LogP contribution >= 0.6 is 21.6 Å². The molecule has 0 saturated carbocycles. The fourth-order valence-corrected chi connectivity index (χ4v) is 5.78. The van der Waals surface area contributed by atoms with Gasteiger partial charge in [0.2, 0.25) is 17.7 Å². The highest BCUT2D eigenvalue weighted by atomic mass is 33.1. The van der Waals surface area contributed by atoms with E-state index in [0.29, 0.717) is 32.5 Å². The van der Waals surface area contributed by atoms with Gasteiger partial charge in [-0.05, 0) is 50.7 Å². The minimum absolute atomic E-state index is 0.0380. The monoisotopic (exact) mass is 693 g/mol. The van der Waals surface area contributed by atoms with Gasteiger partial charge in [-0.2, -0.15) is 0 Å². The molecule has 0 bridgehead atoms. The van der Waals surface area contributed by atoms with E-state index in [1.807, 2.05) is 39.8 Å². The number of hydrogen-bond donors (Lipinski definition) is 3. The molecule has 0 aliphatic carbocycles. The Hall–Kier alpha value is -2.49. The van der Waals surface area contributed by atoms with E-state index in [1.54, 1.807) is 28.7 Å². The zero-order valence-electron chi connectivity index (χ0n) is 30.1. The van der Waals surface area contributed by atoms with Crippen LogP contribution < -0.4 is 16.0 Å². The Labute approximate surface area is 294 Å². The molecule has 0 fully saturated rings. The Bertz CT molecular complexity index is 986. The van der Waals surface area contributed by atoms with Crippen LogP contribution in [-0.2, 0) is 23.9 Å². The van der Waals surface area contributed by atoms with Crippen LogP contribution in [0.1, 0.15) is 86.0 Å². The van der Waals surface area contributed by atoms with Crippen LogP contribution in [-0.4, -0.2) is 75.8 Å². The molecule has 0 aliphatic heterocycles. The Morgan fingerprint density at radius 1 is 0.723 bits per heavy atom. The van der Waals surface area contributed by atoms with E-state index in [1.165, 1.54) is 7.11 Å². The number of carbonyl (C=O) groups excluding carboxylic acids is 3. The number of rotatable bonds is 27. The second-order valence-electron chi connectivity index (χ2n) is 10.8. The number of ether oxygens (including phenoxy) is 2. The molecule has 8 nitrogen and oxygen atoms in total. The first-order valence-corrected chi connectivity index (χ1v) is 19.3. The number of methoxy groups -OCH3 is 2. The van der Waals surface area contributed by atoms with E-state index in [-0.39, 0.29) is 30.7 Å². The molecule has 1 atom stereocenters. The van der Waals surface area contributed by atoms with Crippen LogP contribution in [0, 0.1) is 5.41 Å². The topological polar surface area (TPSA) is 106 Å². The SMILES string of the molecule is CC.CC/C=C\C/C=C\C/C=C\C/C=C\CC=C=CCCC(=O)NCCSSCCNC(=O)CCNC(=O)[C@H](OC)C(C)(C)COC.